The normalized spacial score (nSPS) is 19.9. The fourth-order valence-electron chi connectivity index (χ4n) is 4.98. The van der Waals surface area contributed by atoms with Crippen molar-refractivity contribution in [3.8, 4) is 6.07 Å². The molecule has 4 rings (SSSR count). The van der Waals surface area contributed by atoms with Gasteiger partial charge in [-0.2, -0.15) is 18.4 Å². The number of nitrogens with zero attached hydrogens (tertiary/aromatic N) is 3. The number of alkyl halides is 3. The van der Waals surface area contributed by atoms with Gasteiger partial charge in [0.15, 0.2) is 0 Å². The maximum absolute atomic E-state index is 13.4. The molecule has 2 atom stereocenters. The van der Waals surface area contributed by atoms with Gasteiger partial charge < -0.3 is 15.1 Å². The minimum atomic E-state index is -4.43. The molecule has 2 aromatic carbocycles. The third-order valence-electron chi connectivity index (χ3n) is 6.76. The zero-order valence-corrected chi connectivity index (χ0v) is 19.4. The van der Waals surface area contributed by atoms with E-state index >= 15 is 0 Å². The number of rotatable bonds is 5. The van der Waals surface area contributed by atoms with Crippen LogP contribution in [0.5, 0.6) is 0 Å². The van der Waals surface area contributed by atoms with Gasteiger partial charge in [-0.3, -0.25) is 4.79 Å². The van der Waals surface area contributed by atoms with Gasteiger partial charge in [0.05, 0.1) is 28.8 Å². The molecule has 2 aliphatic rings. The van der Waals surface area contributed by atoms with Crippen molar-refractivity contribution in [3.05, 3.63) is 59.2 Å². The fraction of sp³-hybridized carbons (Fsp3) is 0.462. The summed E-state index contributed by atoms with van der Waals surface area (Å²) in [5, 5.41) is 12.6. The number of halogens is 3. The van der Waals surface area contributed by atoms with Crippen molar-refractivity contribution in [1.29, 1.82) is 5.26 Å². The summed E-state index contributed by atoms with van der Waals surface area (Å²) >= 11 is 0. The Bertz CT molecular complexity index is 1090. The van der Waals surface area contributed by atoms with Gasteiger partial charge in [0.25, 0.3) is 0 Å². The van der Waals surface area contributed by atoms with Crippen molar-refractivity contribution in [2.24, 2.45) is 11.8 Å². The Morgan fingerprint density at radius 1 is 1.18 bits per heavy atom. The van der Waals surface area contributed by atoms with E-state index in [2.05, 4.69) is 35.0 Å². The number of carbonyl (C=O) groups is 1. The van der Waals surface area contributed by atoms with Gasteiger partial charge in [0, 0.05) is 31.9 Å². The molecule has 2 heterocycles. The first-order valence-electron chi connectivity index (χ1n) is 11.7. The summed E-state index contributed by atoms with van der Waals surface area (Å²) in [6.45, 7) is 6.37. The molecule has 34 heavy (non-hydrogen) atoms. The number of nitriles is 1. The zero-order chi connectivity index (χ0) is 24.5. The van der Waals surface area contributed by atoms with Crippen LogP contribution in [0.4, 0.5) is 24.5 Å². The summed E-state index contributed by atoms with van der Waals surface area (Å²) in [6, 6.07) is 13.3. The molecule has 5 nitrogen and oxygen atoms in total. The van der Waals surface area contributed by atoms with Gasteiger partial charge in [-0.1, -0.05) is 26.0 Å². The van der Waals surface area contributed by atoms with E-state index < -0.39 is 17.7 Å². The fourth-order valence-corrected chi connectivity index (χ4v) is 4.98. The summed E-state index contributed by atoms with van der Waals surface area (Å²) < 4.78 is 40.1. The van der Waals surface area contributed by atoms with Gasteiger partial charge in [0.2, 0.25) is 5.91 Å². The molecule has 0 spiro atoms. The van der Waals surface area contributed by atoms with E-state index in [9.17, 15) is 23.2 Å². The Morgan fingerprint density at radius 3 is 2.65 bits per heavy atom. The Labute approximate surface area is 198 Å². The van der Waals surface area contributed by atoms with Crippen molar-refractivity contribution in [3.63, 3.8) is 0 Å². The van der Waals surface area contributed by atoms with E-state index in [1.54, 1.807) is 6.07 Å². The summed E-state index contributed by atoms with van der Waals surface area (Å²) in [6.07, 6.45) is -3.34. The van der Waals surface area contributed by atoms with Gasteiger partial charge in [0.1, 0.15) is 6.07 Å². The maximum atomic E-state index is 13.4. The minimum absolute atomic E-state index is 0.130. The monoisotopic (exact) mass is 470 g/mol. The molecule has 8 heteroatoms. The number of carbonyl (C=O) groups excluding carboxylic acids is 1. The zero-order valence-electron chi connectivity index (χ0n) is 19.4. The average Bonchev–Trinajstić information content (AvgIpc) is 2.81. The molecule has 0 unspecified atom stereocenters. The number of fused-ring (bicyclic) bond motifs is 3. The van der Waals surface area contributed by atoms with Crippen LogP contribution >= 0.6 is 0 Å². The lowest BCUT2D eigenvalue weighted by molar-refractivity contribution is -0.137. The van der Waals surface area contributed by atoms with E-state index in [1.165, 1.54) is 12.1 Å². The molecule has 2 aliphatic heterocycles. The van der Waals surface area contributed by atoms with Crippen LogP contribution in [0.25, 0.3) is 0 Å². The number of para-hydroxylation sites is 1. The summed E-state index contributed by atoms with van der Waals surface area (Å²) in [4.78, 5) is 17.5. The van der Waals surface area contributed by atoms with Crippen LogP contribution in [0.2, 0.25) is 0 Å². The predicted molar refractivity (Wildman–Crippen MR) is 126 cm³/mol. The number of hydrogen-bond acceptors (Lipinski definition) is 4. The van der Waals surface area contributed by atoms with E-state index in [4.69, 9.17) is 0 Å². The molecular weight excluding hydrogens is 441 g/mol. The van der Waals surface area contributed by atoms with Gasteiger partial charge in [-0.15, -0.1) is 0 Å². The Morgan fingerprint density at radius 2 is 1.94 bits per heavy atom. The molecule has 0 saturated carbocycles. The van der Waals surface area contributed by atoms with Crippen LogP contribution in [0.3, 0.4) is 0 Å². The smallest absolute Gasteiger partial charge is 0.367 e. The maximum Gasteiger partial charge on any atom is 0.416 e. The van der Waals surface area contributed by atoms with Crippen LogP contribution in [0, 0.1) is 23.2 Å². The van der Waals surface area contributed by atoms with Crippen LogP contribution in [0.1, 0.15) is 37.0 Å². The third-order valence-corrected chi connectivity index (χ3v) is 6.76. The molecule has 0 bridgehead atoms. The molecule has 0 aliphatic carbocycles. The lowest BCUT2D eigenvalue weighted by Gasteiger charge is -2.50. The van der Waals surface area contributed by atoms with Crippen LogP contribution in [-0.4, -0.2) is 38.1 Å². The molecule has 0 aromatic heterocycles. The lowest BCUT2D eigenvalue weighted by Crippen LogP contribution is -2.61. The first kappa shape index (κ1) is 23.9. The number of benzene rings is 2. The summed E-state index contributed by atoms with van der Waals surface area (Å²) in [7, 11) is 0. The van der Waals surface area contributed by atoms with Gasteiger partial charge >= 0.3 is 6.18 Å². The molecule has 0 radical (unpaired) electrons. The number of anilines is 2. The first-order valence-corrected chi connectivity index (χ1v) is 11.7. The summed E-state index contributed by atoms with van der Waals surface area (Å²) in [5.74, 6) is -0.180. The first-order chi connectivity index (χ1) is 16.2. The lowest BCUT2D eigenvalue weighted by atomic mass is 9.82. The van der Waals surface area contributed by atoms with Gasteiger partial charge in [-0.05, 0) is 54.7 Å². The third kappa shape index (κ3) is 4.84. The van der Waals surface area contributed by atoms with Crippen LogP contribution < -0.4 is 15.1 Å². The SMILES string of the molecule is CC(C)CCNC(=O)[C@@H]1Cc2cc(C(F)(F)F)ccc2N2CCN(c3ccccc3C#N)C[C@@H]12. The van der Waals surface area contributed by atoms with Crippen molar-refractivity contribution in [2.75, 3.05) is 36.0 Å². The van der Waals surface area contributed by atoms with Crippen molar-refractivity contribution < 1.29 is 18.0 Å². The molecular formula is C26H29F3N4O. The van der Waals surface area contributed by atoms with E-state index in [0.717, 1.165) is 23.9 Å². The molecule has 2 aromatic rings. The molecule has 1 amide bonds. The van der Waals surface area contributed by atoms with Gasteiger partial charge in [-0.25, -0.2) is 0 Å². The molecule has 180 valence electrons. The molecule has 1 N–H and O–H groups in total. The van der Waals surface area contributed by atoms with Crippen LogP contribution in [-0.2, 0) is 17.4 Å². The highest BCUT2D eigenvalue weighted by molar-refractivity contribution is 5.82. The minimum Gasteiger partial charge on any atom is -0.367 e. The van der Waals surface area contributed by atoms with Crippen molar-refractivity contribution in [1.82, 2.24) is 5.32 Å². The number of nitrogens with one attached hydrogen (secondary N) is 1. The highest BCUT2D eigenvalue weighted by Crippen LogP contribution is 2.40. The second-order valence-corrected chi connectivity index (χ2v) is 9.46. The van der Waals surface area contributed by atoms with E-state index in [-0.39, 0.29) is 18.4 Å². The number of piperazine rings is 1. The second kappa shape index (κ2) is 9.57. The highest BCUT2D eigenvalue weighted by atomic mass is 19.4. The quantitative estimate of drug-likeness (QED) is 0.694. The molecule has 1 saturated heterocycles. The van der Waals surface area contributed by atoms with E-state index in [0.29, 0.717) is 43.2 Å². The number of amides is 1. The predicted octanol–water partition coefficient (Wildman–Crippen LogP) is 4.61. The van der Waals surface area contributed by atoms with Crippen LogP contribution in [0.15, 0.2) is 42.5 Å². The Balaban J connectivity index is 1.66. The van der Waals surface area contributed by atoms with Crippen molar-refractivity contribution in [2.45, 2.75) is 38.9 Å². The second-order valence-electron chi connectivity index (χ2n) is 9.46. The standard InChI is InChI=1S/C26H29F3N4O/c1-17(2)9-10-31-25(34)21-14-19-13-20(26(27,28)29)7-8-23(19)33-12-11-32(16-24(21)33)22-6-4-3-5-18(22)15-30/h3-8,13,17,21,24H,9-12,14,16H2,1-2H3,(H,31,34)/t21-,24+/m1/s1. The topological polar surface area (TPSA) is 59.4 Å². The summed E-state index contributed by atoms with van der Waals surface area (Å²) in [5.41, 5.74) is 2.02. The highest BCUT2D eigenvalue weighted by Gasteiger charge is 2.43. The van der Waals surface area contributed by atoms with E-state index in [1.807, 2.05) is 18.2 Å². The average molecular weight is 471 g/mol. The Kier molecular flexibility index (Phi) is 6.74. The number of hydrogen-bond donors (Lipinski definition) is 1. The van der Waals surface area contributed by atoms with Crippen molar-refractivity contribution >= 4 is 17.3 Å². The Hall–Kier alpha value is -3.21. The molecule has 1 fully saturated rings. The largest absolute Gasteiger partial charge is 0.416 e.